The molecule has 6 heteroatoms. The molecule has 0 fully saturated rings. The number of rotatable bonds is 2. The van der Waals surface area contributed by atoms with Crippen molar-refractivity contribution in [3.05, 3.63) is 51.0 Å². The first-order valence-electron chi connectivity index (χ1n) is 9.19. The predicted octanol–water partition coefficient (Wildman–Crippen LogP) is 1.89. The molecule has 132 valence electrons. The number of carbonyl (C=O) groups is 1. The van der Waals surface area contributed by atoms with Crippen LogP contribution in [0.3, 0.4) is 0 Å². The van der Waals surface area contributed by atoms with Crippen molar-refractivity contribution in [2.24, 2.45) is 0 Å². The zero-order chi connectivity index (χ0) is 17.4. The molecule has 2 aromatic heterocycles. The first kappa shape index (κ1) is 16.1. The highest BCUT2D eigenvalue weighted by atomic mass is 16.2. The molecule has 2 aromatic rings. The largest absolute Gasteiger partial charge is 0.347 e. The average Bonchev–Trinajstić information content (AvgIpc) is 2.80. The Morgan fingerprint density at radius 2 is 2.12 bits per heavy atom. The minimum atomic E-state index is -0.270. The van der Waals surface area contributed by atoms with Crippen LogP contribution in [0.1, 0.15) is 58.8 Å². The van der Waals surface area contributed by atoms with E-state index in [1.165, 1.54) is 6.42 Å². The average molecular weight is 340 g/mol. The molecule has 6 nitrogen and oxygen atoms in total. The quantitative estimate of drug-likeness (QED) is 0.820. The van der Waals surface area contributed by atoms with Gasteiger partial charge in [-0.05, 0) is 50.7 Å². The van der Waals surface area contributed by atoms with Crippen LogP contribution < -0.4 is 10.9 Å². The first-order chi connectivity index (χ1) is 12.1. The number of nitrogens with one attached hydrogen (secondary N) is 2. The lowest BCUT2D eigenvalue weighted by molar-refractivity contribution is 0.0926. The summed E-state index contributed by atoms with van der Waals surface area (Å²) in [5.41, 5.74) is 3.11. The van der Waals surface area contributed by atoms with E-state index in [1.54, 1.807) is 0 Å². The van der Waals surface area contributed by atoms with Crippen molar-refractivity contribution in [2.45, 2.75) is 64.5 Å². The van der Waals surface area contributed by atoms with Crippen molar-refractivity contribution in [1.29, 1.82) is 0 Å². The lowest BCUT2D eigenvalue weighted by Crippen LogP contribution is -2.42. The van der Waals surface area contributed by atoms with Crippen LogP contribution in [-0.2, 0) is 25.8 Å². The minimum absolute atomic E-state index is 0.0341. The van der Waals surface area contributed by atoms with Gasteiger partial charge >= 0.3 is 0 Å². The summed E-state index contributed by atoms with van der Waals surface area (Å²) in [6, 6.07) is 1.84. The number of amides is 1. The number of hydrogen-bond acceptors (Lipinski definition) is 3. The van der Waals surface area contributed by atoms with E-state index in [0.29, 0.717) is 6.54 Å². The molecule has 2 aliphatic rings. The number of H-pyrrole nitrogens is 1. The number of carbonyl (C=O) groups excluding carboxylic acids is 1. The Labute approximate surface area is 146 Å². The summed E-state index contributed by atoms with van der Waals surface area (Å²) in [5.74, 6) is 0.810. The number of hydrogen-bond donors (Lipinski definition) is 2. The summed E-state index contributed by atoms with van der Waals surface area (Å²) >= 11 is 0. The summed E-state index contributed by atoms with van der Waals surface area (Å²) in [5, 5.41) is 3.04. The van der Waals surface area contributed by atoms with E-state index in [9.17, 15) is 9.59 Å². The van der Waals surface area contributed by atoms with Gasteiger partial charge in [0.05, 0.1) is 5.69 Å². The lowest BCUT2D eigenvalue weighted by atomic mass is 10.0. The Bertz CT molecular complexity index is 865. The Balaban J connectivity index is 1.52. The molecule has 2 N–H and O–H groups in total. The van der Waals surface area contributed by atoms with Crippen molar-refractivity contribution in [3.8, 4) is 0 Å². The van der Waals surface area contributed by atoms with Gasteiger partial charge in [-0.3, -0.25) is 9.59 Å². The summed E-state index contributed by atoms with van der Waals surface area (Å²) in [6.45, 7) is 2.69. The van der Waals surface area contributed by atoms with Crippen molar-refractivity contribution >= 4 is 5.91 Å². The van der Waals surface area contributed by atoms with Gasteiger partial charge in [-0.1, -0.05) is 6.42 Å². The normalized spacial score (nSPS) is 19.6. The number of aromatic amines is 1. The van der Waals surface area contributed by atoms with Gasteiger partial charge in [-0.15, -0.1) is 0 Å². The highest BCUT2D eigenvalue weighted by Gasteiger charge is 2.23. The third-order valence-electron chi connectivity index (χ3n) is 5.28. The maximum atomic E-state index is 12.7. The van der Waals surface area contributed by atoms with Gasteiger partial charge in [-0.25, -0.2) is 4.98 Å². The molecule has 0 unspecified atom stereocenters. The van der Waals surface area contributed by atoms with Crippen LogP contribution in [0.2, 0.25) is 0 Å². The van der Waals surface area contributed by atoms with E-state index < -0.39 is 0 Å². The number of pyridine rings is 1. The van der Waals surface area contributed by atoms with E-state index in [4.69, 9.17) is 0 Å². The first-order valence-corrected chi connectivity index (χ1v) is 9.19. The fourth-order valence-electron chi connectivity index (χ4n) is 3.99. The molecular weight excluding hydrogens is 316 g/mol. The fourth-order valence-corrected chi connectivity index (χ4v) is 3.99. The van der Waals surface area contributed by atoms with Crippen LogP contribution in [0, 0.1) is 6.92 Å². The van der Waals surface area contributed by atoms with Crippen molar-refractivity contribution in [1.82, 2.24) is 19.9 Å². The van der Waals surface area contributed by atoms with E-state index in [0.717, 1.165) is 61.3 Å². The van der Waals surface area contributed by atoms with Gasteiger partial charge in [0, 0.05) is 30.9 Å². The summed E-state index contributed by atoms with van der Waals surface area (Å²) in [6.07, 6.45) is 8.94. The Morgan fingerprint density at radius 3 is 3.00 bits per heavy atom. The molecule has 1 aliphatic heterocycles. The number of fused-ring (bicyclic) bond motifs is 2. The molecule has 0 saturated heterocycles. The van der Waals surface area contributed by atoms with Gasteiger partial charge in [0.25, 0.3) is 11.5 Å². The number of nitrogens with zero attached hydrogens (tertiary/aromatic N) is 2. The molecule has 0 aromatic carbocycles. The molecule has 0 bridgehead atoms. The molecule has 25 heavy (non-hydrogen) atoms. The second kappa shape index (κ2) is 6.50. The Kier molecular flexibility index (Phi) is 4.19. The molecule has 0 spiro atoms. The molecule has 0 saturated carbocycles. The smallest absolute Gasteiger partial charge is 0.261 e. The number of aryl methyl sites for hydroxylation is 4. The molecule has 0 radical (unpaired) electrons. The van der Waals surface area contributed by atoms with E-state index in [-0.39, 0.29) is 23.1 Å². The molecule has 4 rings (SSSR count). The summed E-state index contributed by atoms with van der Waals surface area (Å²) in [7, 11) is 0. The van der Waals surface area contributed by atoms with Gasteiger partial charge in [0.1, 0.15) is 11.4 Å². The van der Waals surface area contributed by atoms with Gasteiger partial charge < -0.3 is 14.9 Å². The highest BCUT2D eigenvalue weighted by Crippen LogP contribution is 2.19. The Hall–Kier alpha value is -2.37. The van der Waals surface area contributed by atoms with Crippen molar-refractivity contribution in [3.63, 3.8) is 0 Å². The zero-order valence-corrected chi connectivity index (χ0v) is 14.6. The van der Waals surface area contributed by atoms with E-state index >= 15 is 0 Å². The second-order valence-corrected chi connectivity index (χ2v) is 7.24. The zero-order valence-electron chi connectivity index (χ0n) is 14.6. The van der Waals surface area contributed by atoms with Crippen LogP contribution >= 0.6 is 0 Å². The van der Waals surface area contributed by atoms with Crippen LogP contribution in [0.4, 0.5) is 0 Å². The lowest BCUT2D eigenvalue weighted by Gasteiger charge is -2.24. The number of aromatic nitrogens is 3. The molecule has 1 atom stereocenters. The Morgan fingerprint density at radius 1 is 1.28 bits per heavy atom. The summed E-state index contributed by atoms with van der Waals surface area (Å²) in [4.78, 5) is 32.5. The van der Waals surface area contributed by atoms with Crippen LogP contribution in [0.25, 0.3) is 0 Å². The third kappa shape index (κ3) is 3.25. The fraction of sp³-hybridized carbons (Fsp3) is 0.526. The number of imidazole rings is 1. The van der Waals surface area contributed by atoms with Gasteiger partial charge in [0.15, 0.2) is 0 Å². The third-order valence-corrected chi connectivity index (χ3v) is 5.28. The minimum Gasteiger partial charge on any atom is -0.347 e. The van der Waals surface area contributed by atoms with Crippen LogP contribution in [0.5, 0.6) is 0 Å². The van der Waals surface area contributed by atoms with E-state index in [1.807, 2.05) is 19.2 Å². The van der Waals surface area contributed by atoms with Crippen molar-refractivity contribution in [2.75, 3.05) is 0 Å². The highest BCUT2D eigenvalue weighted by molar-refractivity contribution is 5.94. The monoisotopic (exact) mass is 340 g/mol. The maximum absolute atomic E-state index is 12.7. The second-order valence-electron chi connectivity index (χ2n) is 7.24. The van der Waals surface area contributed by atoms with Gasteiger partial charge in [0.2, 0.25) is 0 Å². The predicted molar refractivity (Wildman–Crippen MR) is 94.9 cm³/mol. The standard InChI is InChI=1S/C19H24N4O2/c1-12-10-23-11-14(7-8-17(23)20-12)21-18(24)15-9-13-5-3-2-4-6-16(13)22-19(15)25/h9-10,14H,2-8,11H2,1H3,(H,21,24)(H,22,25)/t14-/m1/s1. The van der Waals surface area contributed by atoms with Crippen molar-refractivity contribution < 1.29 is 4.79 Å². The topological polar surface area (TPSA) is 79.8 Å². The molecule has 1 amide bonds. The maximum Gasteiger partial charge on any atom is 0.261 e. The van der Waals surface area contributed by atoms with Gasteiger partial charge in [-0.2, -0.15) is 0 Å². The molecule has 3 heterocycles. The SMILES string of the molecule is Cc1cn2c(n1)CC[C@@H](NC(=O)c1cc3c([nH]c1=O)CCCCC3)C2. The van der Waals surface area contributed by atoms with Crippen LogP contribution in [0.15, 0.2) is 17.1 Å². The molecule has 1 aliphatic carbocycles. The van der Waals surface area contributed by atoms with E-state index in [2.05, 4.69) is 19.9 Å². The van der Waals surface area contributed by atoms with Crippen LogP contribution in [-0.4, -0.2) is 26.5 Å². The summed E-state index contributed by atoms with van der Waals surface area (Å²) < 4.78 is 2.10. The molecular formula is C19H24N4O2.